The van der Waals surface area contributed by atoms with Crippen molar-refractivity contribution in [3.63, 3.8) is 0 Å². The Kier molecular flexibility index (Phi) is 3.99. The number of benzene rings is 1. The topological polar surface area (TPSA) is 53.6 Å². The van der Waals surface area contributed by atoms with E-state index in [-0.39, 0.29) is 18.0 Å². The molecule has 2 N–H and O–H groups in total. The van der Waals surface area contributed by atoms with Crippen LogP contribution in [0.1, 0.15) is 24.2 Å². The summed E-state index contributed by atoms with van der Waals surface area (Å²) in [6, 6.07) is 3.60. The van der Waals surface area contributed by atoms with E-state index in [1.165, 1.54) is 18.2 Å². The molecule has 0 radical (unpaired) electrons. The third-order valence-corrected chi connectivity index (χ3v) is 2.71. The molecule has 1 aromatic carbocycles. The van der Waals surface area contributed by atoms with Crippen LogP contribution in [0.15, 0.2) is 24.4 Å². The van der Waals surface area contributed by atoms with Gasteiger partial charge in [0.1, 0.15) is 11.6 Å². The van der Waals surface area contributed by atoms with Crippen LogP contribution in [0.25, 0.3) is 0 Å². The summed E-state index contributed by atoms with van der Waals surface area (Å²) < 4.78 is 27.2. The molecule has 6 heteroatoms. The van der Waals surface area contributed by atoms with Gasteiger partial charge < -0.3 is 5.32 Å². The fourth-order valence-electron chi connectivity index (χ4n) is 1.84. The van der Waals surface area contributed by atoms with E-state index in [0.717, 1.165) is 0 Å². The smallest absolute Gasteiger partial charge is 0.129 e. The van der Waals surface area contributed by atoms with Crippen LogP contribution in [-0.2, 0) is 6.42 Å². The summed E-state index contributed by atoms with van der Waals surface area (Å²) >= 11 is 0. The molecule has 2 aromatic rings. The minimum absolute atomic E-state index is 0.0615. The van der Waals surface area contributed by atoms with Gasteiger partial charge in [-0.05, 0) is 25.1 Å². The van der Waals surface area contributed by atoms with Gasteiger partial charge in [-0.3, -0.25) is 0 Å². The highest BCUT2D eigenvalue weighted by Gasteiger charge is 2.18. The lowest BCUT2D eigenvalue weighted by Gasteiger charge is -2.16. The molecule has 1 aromatic heterocycles. The Morgan fingerprint density at radius 2 is 2.06 bits per heavy atom. The lowest BCUT2D eigenvalue weighted by molar-refractivity contribution is 0.492. The molecule has 0 aliphatic heterocycles. The third kappa shape index (κ3) is 2.70. The first-order valence-electron chi connectivity index (χ1n) is 5.74. The Hall–Kier alpha value is -1.82. The molecule has 0 saturated carbocycles. The zero-order valence-corrected chi connectivity index (χ0v) is 9.95. The van der Waals surface area contributed by atoms with Crippen molar-refractivity contribution >= 4 is 0 Å². The van der Waals surface area contributed by atoms with E-state index in [1.807, 2.05) is 6.92 Å². The maximum atomic E-state index is 13.6. The maximum absolute atomic E-state index is 13.6. The Labute approximate surface area is 103 Å². The first-order chi connectivity index (χ1) is 8.72. The van der Waals surface area contributed by atoms with Crippen LogP contribution in [0.4, 0.5) is 8.78 Å². The van der Waals surface area contributed by atoms with Gasteiger partial charge in [-0.15, -0.1) is 0 Å². The number of hydrogen-bond donors (Lipinski definition) is 2. The van der Waals surface area contributed by atoms with Crippen molar-refractivity contribution in [3.8, 4) is 0 Å². The molecule has 1 heterocycles. The summed E-state index contributed by atoms with van der Waals surface area (Å²) in [6.07, 6.45) is 1.74. The SMILES string of the molecule is CCNC(Cc1c(F)cccc1F)c1cn[nH]n1. The Bertz CT molecular complexity index is 479. The van der Waals surface area contributed by atoms with Crippen molar-refractivity contribution in [2.24, 2.45) is 0 Å². The molecule has 1 atom stereocenters. The molecular formula is C12H14F2N4. The Morgan fingerprint density at radius 1 is 1.33 bits per heavy atom. The van der Waals surface area contributed by atoms with E-state index in [2.05, 4.69) is 20.7 Å². The monoisotopic (exact) mass is 252 g/mol. The normalized spacial score (nSPS) is 12.6. The fourth-order valence-corrected chi connectivity index (χ4v) is 1.84. The van der Waals surface area contributed by atoms with Crippen LogP contribution < -0.4 is 5.32 Å². The predicted octanol–water partition coefficient (Wildman–Crippen LogP) is 1.98. The molecule has 0 amide bonds. The summed E-state index contributed by atoms with van der Waals surface area (Å²) in [5.41, 5.74) is 0.700. The third-order valence-electron chi connectivity index (χ3n) is 2.71. The highest BCUT2D eigenvalue weighted by molar-refractivity contribution is 5.22. The molecule has 1 unspecified atom stereocenters. The second-order valence-corrected chi connectivity index (χ2v) is 3.91. The van der Waals surface area contributed by atoms with Crippen LogP contribution in [0.3, 0.4) is 0 Å². The highest BCUT2D eigenvalue weighted by atomic mass is 19.1. The predicted molar refractivity (Wildman–Crippen MR) is 62.9 cm³/mol. The molecule has 0 bridgehead atoms. The Balaban J connectivity index is 2.24. The zero-order valence-electron chi connectivity index (χ0n) is 9.95. The van der Waals surface area contributed by atoms with Crippen molar-refractivity contribution in [3.05, 3.63) is 47.3 Å². The van der Waals surface area contributed by atoms with E-state index in [0.29, 0.717) is 12.2 Å². The van der Waals surface area contributed by atoms with E-state index < -0.39 is 11.6 Å². The van der Waals surface area contributed by atoms with Crippen LogP contribution in [0.2, 0.25) is 0 Å². The van der Waals surface area contributed by atoms with Crippen molar-refractivity contribution in [2.45, 2.75) is 19.4 Å². The lowest BCUT2D eigenvalue weighted by Crippen LogP contribution is -2.24. The first kappa shape index (κ1) is 12.6. The van der Waals surface area contributed by atoms with Gasteiger partial charge >= 0.3 is 0 Å². The van der Waals surface area contributed by atoms with Gasteiger partial charge in [-0.2, -0.15) is 15.4 Å². The van der Waals surface area contributed by atoms with Crippen molar-refractivity contribution in [2.75, 3.05) is 6.54 Å². The second-order valence-electron chi connectivity index (χ2n) is 3.91. The van der Waals surface area contributed by atoms with Gasteiger partial charge in [0.05, 0.1) is 17.9 Å². The zero-order chi connectivity index (χ0) is 13.0. The molecule has 0 saturated heterocycles. The summed E-state index contributed by atoms with van der Waals surface area (Å²) in [6.45, 7) is 2.60. The molecule has 18 heavy (non-hydrogen) atoms. The van der Waals surface area contributed by atoms with E-state index >= 15 is 0 Å². The summed E-state index contributed by atoms with van der Waals surface area (Å²) in [5, 5.41) is 13.3. The van der Waals surface area contributed by atoms with E-state index in [1.54, 1.807) is 6.20 Å². The van der Waals surface area contributed by atoms with Gasteiger partial charge in [0.15, 0.2) is 0 Å². The van der Waals surface area contributed by atoms with E-state index in [9.17, 15) is 8.78 Å². The number of hydrogen-bond acceptors (Lipinski definition) is 3. The highest BCUT2D eigenvalue weighted by Crippen LogP contribution is 2.20. The van der Waals surface area contributed by atoms with Crippen molar-refractivity contribution in [1.82, 2.24) is 20.7 Å². The number of nitrogens with zero attached hydrogens (tertiary/aromatic N) is 2. The molecule has 2 rings (SSSR count). The van der Waals surface area contributed by atoms with Crippen LogP contribution in [0.5, 0.6) is 0 Å². The number of H-pyrrole nitrogens is 1. The quantitative estimate of drug-likeness (QED) is 0.855. The van der Waals surface area contributed by atoms with Crippen molar-refractivity contribution < 1.29 is 8.78 Å². The van der Waals surface area contributed by atoms with Gasteiger partial charge in [-0.25, -0.2) is 8.78 Å². The van der Waals surface area contributed by atoms with Gasteiger partial charge in [-0.1, -0.05) is 13.0 Å². The molecule has 0 fully saturated rings. The minimum Gasteiger partial charge on any atom is -0.309 e. The standard InChI is InChI=1S/C12H14F2N4/c1-2-15-11(12-7-16-18-17-12)6-8-9(13)4-3-5-10(8)14/h3-5,7,11,15H,2,6H2,1H3,(H,16,17,18). The summed E-state index contributed by atoms with van der Waals surface area (Å²) in [4.78, 5) is 0. The molecule has 96 valence electrons. The summed E-state index contributed by atoms with van der Waals surface area (Å²) in [7, 11) is 0. The van der Waals surface area contributed by atoms with Crippen molar-refractivity contribution in [1.29, 1.82) is 0 Å². The summed E-state index contributed by atoms with van der Waals surface area (Å²) in [5.74, 6) is -1.08. The van der Waals surface area contributed by atoms with Crippen LogP contribution in [0, 0.1) is 11.6 Å². The lowest BCUT2D eigenvalue weighted by atomic mass is 10.0. The number of nitrogens with one attached hydrogen (secondary N) is 2. The molecule has 0 aliphatic rings. The van der Waals surface area contributed by atoms with Crippen LogP contribution >= 0.6 is 0 Å². The van der Waals surface area contributed by atoms with Gasteiger partial charge in [0, 0.05) is 5.56 Å². The molecular weight excluding hydrogens is 238 g/mol. The largest absolute Gasteiger partial charge is 0.309 e. The fraction of sp³-hybridized carbons (Fsp3) is 0.333. The maximum Gasteiger partial charge on any atom is 0.129 e. The average molecular weight is 252 g/mol. The molecule has 4 nitrogen and oxygen atoms in total. The first-order valence-corrected chi connectivity index (χ1v) is 5.74. The molecule has 0 spiro atoms. The Morgan fingerprint density at radius 3 is 2.61 bits per heavy atom. The minimum atomic E-state index is -0.540. The number of likely N-dealkylation sites (N-methyl/N-ethyl adjacent to an activating group) is 1. The second kappa shape index (κ2) is 5.68. The number of halogens is 2. The average Bonchev–Trinajstić information content (AvgIpc) is 2.86. The van der Waals surface area contributed by atoms with E-state index in [4.69, 9.17) is 0 Å². The number of aromatic nitrogens is 3. The van der Waals surface area contributed by atoms with Gasteiger partial charge in [0.2, 0.25) is 0 Å². The number of rotatable bonds is 5. The number of aromatic amines is 1. The molecule has 0 aliphatic carbocycles. The van der Waals surface area contributed by atoms with Crippen LogP contribution in [-0.4, -0.2) is 22.0 Å². The van der Waals surface area contributed by atoms with Gasteiger partial charge in [0.25, 0.3) is 0 Å².